The lowest BCUT2D eigenvalue weighted by Gasteiger charge is -2.18. The second kappa shape index (κ2) is 7.33. The predicted molar refractivity (Wildman–Crippen MR) is 73.8 cm³/mol. The molecule has 1 aromatic carbocycles. The smallest absolute Gasteiger partial charge is 0.123 e. The van der Waals surface area contributed by atoms with Gasteiger partial charge in [0.05, 0.1) is 6.10 Å². The number of hydrogen-bond donors (Lipinski definition) is 1. The van der Waals surface area contributed by atoms with Crippen LogP contribution in [0.1, 0.15) is 45.6 Å². The second-order valence-corrected chi connectivity index (χ2v) is 4.75. The molecule has 1 atom stereocenters. The summed E-state index contributed by atoms with van der Waals surface area (Å²) in [6.45, 7) is 10.6. The number of benzene rings is 1. The molecule has 2 heteroatoms. The average molecular weight is 235 g/mol. The zero-order valence-electron chi connectivity index (χ0n) is 11.5. The Kier molecular flexibility index (Phi) is 6.06. The van der Waals surface area contributed by atoms with Gasteiger partial charge < -0.3 is 10.1 Å². The van der Waals surface area contributed by atoms with Crippen molar-refractivity contribution in [3.05, 3.63) is 29.8 Å². The van der Waals surface area contributed by atoms with Crippen LogP contribution in [0.3, 0.4) is 0 Å². The van der Waals surface area contributed by atoms with Crippen LogP contribution in [0.25, 0.3) is 0 Å². The molecule has 0 aliphatic heterocycles. The van der Waals surface area contributed by atoms with Gasteiger partial charge >= 0.3 is 0 Å². The largest absolute Gasteiger partial charge is 0.491 e. The summed E-state index contributed by atoms with van der Waals surface area (Å²) in [5, 5.41) is 3.37. The Morgan fingerprint density at radius 1 is 1.18 bits per heavy atom. The molecule has 0 bridgehead atoms. The van der Waals surface area contributed by atoms with Crippen molar-refractivity contribution in [2.24, 2.45) is 0 Å². The topological polar surface area (TPSA) is 21.3 Å². The van der Waals surface area contributed by atoms with Gasteiger partial charge in [0.1, 0.15) is 5.75 Å². The normalized spacial score (nSPS) is 12.8. The molecular weight excluding hydrogens is 210 g/mol. The molecule has 0 saturated heterocycles. The molecule has 1 N–H and O–H groups in total. The van der Waals surface area contributed by atoms with Gasteiger partial charge in [-0.1, -0.05) is 32.0 Å². The van der Waals surface area contributed by atoms with E-state index in [0.29, 0.717) is 5.92 Å². The van der Waals surface area contributed by atoms with Gasteiger partial charge in [0, 0.05) is 0 Å². The molecule has 0 amide bonds. The molecule has 1 aromatic rings. The van der Waals surface area contributed by atoms with E-state index in [9.17, 15) is 0 Å². The maximum Gasteiger partial charge on any atom is 0.123 e. The molecule has 0 aliphatic carbocycles. The van der Waals surface area contributed by atoms with E-state index < -0.39 is 0 Å². The third-order valence-corrected chi connectivity index (χ3v) is 2.82. The number of hydrogen-bond acceptors (Lipinski definition) is 2. The van der Waals surface area contributed by atoms with Gasteiger partial charge in [-0.05, 0) is 50.9 Å². The third-order valence-electron chi connectivity index (χ3n) is 2.82. The van der Waals surface area contributed by atoms with Crippen molar-refractivity contribution in [2.75, 3.05) is 13.1 Å². The highest BCUT2D eigenvalue weighted by Crippen LogP contribution is 2.28. The summed E-state index contributed by atoms with van der Waals surface area (Å²) in [6, 6.07) is 8.37. The van der Waals surface area contributed by atoms with E-state index in [1.807, 2.05) is 6.07 Å². The van der Waals surface area contributed by atoms with Crippen LogP contribution in [-0.4, -0.2) is 19.2 Å². The summed E-state index contributed by atoms with van der Waals surface area (Å²) < 4.78 is 5.85. The fourth-order valence-corrected chi connectivity index (χ4v) is 1.90. The summed E-state index contributed by atoms with van der Waals surface area (Å²) in [5.74, 6) is 1.57. The Morgan fingerprint density at radius 2 is 1.88 bits per heavy atom. The number of rotatable bonds is 7. The Balaban J connectivity index is 2.67. The van der Waals surface area contributed by atoms with Gasteiger partial charge in [0.15, 0.2) is 0 Å². The van der Waals surface area contributed by atoms with E-state index >= 15 is 0 Å². The molecule has 0 aromatic heterocycles. The molecule has 1 unspecified atom stereocenters. The first-order chi connectivity index (χ1) is 8.15. The van der Waals surface area contributed by atoms with E-state index in [1.165, 1.54) is 5.56 Å². The van der Waals surface area contributed by atoms with Crippen molar-refractivity contribution in [3.63, 3.8) is 0 Å². The Labute approximate surface area is 105 Å². The minimum atomic E-state index is 0.233. The van der Waals surface area contributed by atoms with Crippen molar-refractivity contribution < 1.29 is 4.74 Å². The quantitative estimate of drug-likeness (QED) is 0.729. The van der Waals surface area contributed by atoms with Crippen molar-refractivity contribution in [1.82, 2.24) is 5.32 Å². The molecule has 2 nitrogen and oxygen atoms in total. The summed E-state index contributed by atoms with van der Waals surface area (Å²) in [5.41, 5.74) is 1.32. The maximum absolute atomic E-state index is 5.85. The predicted octanol–water partition coefficient (Wildman–Crippen LogP) is 3.58. The van der Waals surface area contributed by atoms with Crippen molar-refractivity contribution in [2.45, 2.75) is 46.1 Å². The van der Waals surface area contributed by atoms with Crippen LogP contribution >= 0.6 is 0 Å². The molecule has 0 heterocycles. The van der Waals surface area contributed by atoms with Crippen LogP contribution in [-0.2, 0) is 0 Å². The molecule has 1 rings (SSSR count). The fraction of sp³-hybridized carbons (Fsp3) is 0.600. The van der Waals surface area contributed by atoms with Crippen LogP contribution in [0, 0.1) is 0 Å². The van der Waals surface area contributed by atoms with E-state index in [1.54, 1.807) is 0 Å². The van der Waals surface area contributed by atoms with Crippen LogP contribution in [0.5, 0.6) is 5.75 Å². The van der Waals surface area contributed by atoms with Gasteiger partial charge in [-0.2, -0.15) is 0 Å². The van der Waals surface area contributed by atoms with E-state index in [4.69, 9.17) is 4.74 Å². The maximum atomic E-state index is 5.85. The first kappa shape index (κ1) is 14.0. The number of para-hydroxylation sites is 1. The highest BCUT2D eigenvalue weighted by molar-refractivity contribution is 5.36. The van der Waals surface area contributed by atoms with Crippen molar-refractivity contribution in [1.29, 1.82) is 0 Å². The van der Waals surface area contributed by atoms with Crippen molar-refractivity contribution in [3.8, 4) is 5.75 Å². The fourth-order valence-electron chi connectivity index (χ4n) is 1.90. The summed E-state index contributed by atoms with van der Waals surface area (Å²) in [6.07, 6.45) is 1.38. The van der Waals surface area contributed by atoms with Gasteiger partial charge in [-0.25, -0.2) is 0 Å². The average Bonchev–Trinajstić information content (AvgIpc) is 2.29. The van der Waals surface area contributed by atoms with Crippen molar-refractivity contribution >= 4 is 0 Å². The lowest BCUT2D eigenvalue weighted by Crippen LogP contribution is -2.16. The van der Waals surface area contributed by atoms with E-state index in [-0.39, 0.29) is 6.10 Å². The molecule has 0 radical (unpaired) electrons. The molecule has 0 aliphatic rings. The summed E-state index contributed by atoms with van der Waals surface area (Å²) >= 11 is 0. The van der Waals surface area contributed by atoms with Gasteiger partial charge in [0.2, 0.25) is 0 Å². The molecular formula is C15H25NO. The Hall–Kier alpha value is -1.02. The Bertz CT molecular complexity index is 322. The second-order valence-electron chi connectivity index (χ2n) is 4.75. The SMILES string of the molecule is CCNCCC(C)c1ccccc1OC(C)C. The highest BCUT2D eigenvalue weighted by atomic mass is 16.5. The van der Waals surface area contributed by atoms with Gasteiger partial charge in [-0.15, -0.1) is 0 Å². The lowest BCUT2D eigenvalue weighted by atomic mass is 9.97. The van der Waals surface area contributed by atoms with E-state index in [0.717, 1.165) is 25.3 Å². The monoisotopic (exact) mass is 235 g/mol. The Morgan fingerprint density at radius 3 is 2.53 bits per heavy atom. The number of nitrogens with one attached hydrogen (secondary N) is 1. The molecule has 0 spiro atoms. The van der Waals surface area contributed by atoms with Crippen LogP contribution in [0.4, 0.5) is 0 Å². The number of ether oxygens (including phenoxy) is 1. The van der Waals surface area contributed by atoms with Crippen LogP contribution < -0.4 is 10.1 Å². The van der Waals surface area contributed by atoms with Gasteiger partial charge in [-0.3, -0.25) is 0 Å². The highest BCUT2D eigenvalue weighted by Gasteiger charge is 2.11. The minimum absolute atomic E-state index is 0.233. The zero-order valence-corrected chi connectivity index (χ0v) is 11.5. The minimum Gasteiger partial charge on any atom is -0.491 e. The van der Waals surface area contributed by atoms with Crippen LogP contribution in [0.2, 0.25) is 0 Å². The zero-order chi connectivity index (χ0) is 12.7. The first-order valence-electron chi connectivity index (χ1n) is 6.61. The molecule has 17 heavy (non-hydrogen) atoms. The van der Waals surface area contributed by atoms with Gasteiger partial charge in [0.25, 0.3) is 0 Å². The van der Waals surface area contributed by atoms with E-state index in [2.05, 4.69) is 51.2 Å². The molecule has 0 fully saturated rings. The standard InChI is InChI=1S/C15H25NO/c1-5-16-11-10-13(4)14-8-6-7-9-15(14)17-12(2)3/h6-9,12-13,16H,5,10-11H2,1-4H3. The molecule has 96 valence electrons. The lowest BCUT2D eigenvalue weighted by molar-refractivity contribution is 0.238. The summed E-state index contributed by atoms with van der Waals surface area (Å²) in [7, 11) is 0. The molecule has 0 saturated carbocycles. The first-order valence-corrected chi connectivity index (χ1v) is 6.61. The third kappa shape index (κ3) is 4.78. The van der Waals surface area contributed by atoms with Crippen LogP contribution in [0.15, 0.2) is 24.3 Å². The summed E-state index contributed by atoms with van der Waals surface area (Å²) in [4.78, 5) is 0.